The highest BCUT2D eigenvalue weighted by atomic mass is 32.1. The number of aromatic nitrogens is 1. The third-order valence-corrected chi connectivity index (χ3v) is 2.19. The summed E-state index contributed by atoms with van der Waals surface area (Å²) in [5, 5.41) is 11.6. The van der Waals surface area contributed by atoms with Gasteiger partial charge in [0.1, 0.15) is 11.9 Å². The van der Waals surface area contributed by atoms with E-state index in [4.69, 9.17) is 5.11 Å². The number of carbonyl (C=O) groups is 1. The molecule has 1 aromatic rings. The van der Waals surface area contributed by atoms with Gasteiger partial charge in [0, 0.05) is 11.9 Å². The molecular weight excluding hydrogens is 212 g/mol. The molecule has 0 aliphatic carbocycles. The minimum Gasteiger partial charge on any atom is -0.480 e. The molecule has 0 unspecified atom stereocenters. The van der Waals surface area contributed by atoms with E-state index in [-0.39, 0.29) is 5.75 Å². The van der Waals surface area contributed by atoms with Gasteiger partial charge in [0.2, 0.25) is 0 Å². The molecule has 4 nitrogen and oxygen atoms in total. The second kappa shape index (κ2) is 5.41. The molecule has 1 aromatic heterocycles. The Morgan fingerprint density at radius 3 is 3.07 bits per heavy atom. The van der Waals surface area contributed by atoms with E-state index in [9.17, 15) is 4.79 Å². The number of aliphatic carboxylic acids is 1. The van der Waals surface area contributed by atoms with E-state index in [1.165, 1.54) is 0 Å². The van der Waals surface area contributed by atoms with Gasteiger partial charge in [-0.15, -0.1) is 0 Å². The first-order chi connectivity index (χ1) is 7.17. The van der Waals surface area contributed by atoms with Gasteiger partial charge in [-0.3, -0.25) is 0 Å². The lowest BCUT2D eigenvalue weighted by Gasteiger charge is -2.12. The van der Waals surface area contributed by atoms with Gasteiger partial charge in [-0.25, -0.2) is 9.78 Å². The van der Waals surface area contributed by atoms with Crippen LogP contribution in [0.5, 0.6) is 0 Å². The number of carboxylic acid groups (broad SMARTS) is 1. The molecule has 1 atom stereocenters. The van der Waals surface area contributed by atoms with Crippen LogP contribution in [0.2, 0.25) is 0 Å². The van der Waals surface area contributed by atoms with E-state index in [1.54, 1.807) is 24.4 Å². The van der Waals surface area contributed by atoms with Crippen LogP contribution < -0.4 is 5.32 Å². The Morgan fingerprint density at radius 2 is 2.53 bits per heavy atom. The summed E-state index contributed by atoms with van der Waals surface area (Å²) in [5.74, 6) is -0.236. The van der Waals surface area contributed by atoms with Gasteiger partial charge >= 0.3 is 5.97 Å². The Morgan fingerprint density at radius 1 is 1.80 bits per heavy atom. The lowest BCUT2D eigenvalue weighted by atomic mass is 10.2. The fourth-order valence-corrected chi connectivity index (χ4v) is 1.26. The monoisotopic (exact) mass is 224 g/mol. The molecule has 0 amide bonds. The van der Waals surface area contributed by atoms with Crippen LogP contribution in [0.15, 0.2) is 24.9 Å². The van der Waals surface area contributed by atoms with Gasteiger partial charge in [0.15, 0.2) is 0 Å². The van der Waals surface area contributed by atoms with Crippen LogP contribution in [-0.4, -0.2) is 27.9 Å². The van der Waals surface area contributed by atoms with E-state index < -0.39 is 12.0 Å². The van der Waals surface area contributed by atoms with Crippen molar-refractivity contribution in [2.45, 2.75) is 6.04 Å². The van der Waals surface area contributed by atoms with Crippen LogP contribution in [0.4, 0.5) is 5.82 Å². The molecule has 0 radical (unpaired) electrons. The first-order valence-corrected chi connectivity index (χ1v) is 4.99. The SMILES string of the molecule is C=Cc1ccnc(N[C@@H](CS)C(=O)O)c1. The fourth-order valence-electron chi connectivity index (χ4n) is 1.02. The number of rotatable bonds is 5. The summed E-state index contributed by atoms with van der Waals surface area (Å²) in [6.07, 6.45) is 3.26. The Balaban J connectivity index is 2.78. The maximum Gasteiger partial charge on any atom is 0.327 e. The average Bonchev–Trinajstić information content (AvgIpc) is 2.25. The van der Waals surface area contributed by atoms with E-state index in [0.717, 1.165) is 5.56 Å². The average molecular weight is 224 g/mol. The van der Waals surface area contributed by atoms with Gasteiger partial charge in [-0.2, -0.15) is 12.6 Å². The molecule has 15 heavy (non-hydrogen) atoms. The predicted molar refractivity (Wildman–Crippen MR) is 63.2 cm³/mol. The first-order valence-electron chi connectivity index (χ1n) is 4.36. The number of carboxylic acids is 1. The highest BCUT2D eigenvalue weighted by Gasteiger charge is 2.15. The summed E-state index contributed by atoms with van der Waals surface area (Å²) in [5.41, 5.74) is 0.885. The molecule has 0 aliphatic rings. The van der Waals surface area contributed by atoms with Crippen molar-refractivity contribution in [2.24, 2.45) is 0 Å². The minimum absolute atomic E-state index is 0.204. The number of thiol groups is 1. The molecule has 5 heteroatoms. The molecule has 1 rings (SSSR count). The number of nitrogens with zero attached hydrogens (tertiary/aromatic N) is 1. The summed E-state index contributed by atoms with van der Waals surface area (Å²) in [6, 6.07) is 2.78. The minimum atomic E-state index is -0.948. The Labute approximate surface area is 93.4 Å². The van der Waals surface area contributed by atoms with Crippen LogP contribution in [0, 0.1) is 0 Å². The standard InChI is InChI=1S/C10H12N2O2S/c1-2-7-3-4-11-9(5-7)12-8(6-15)10(13)14/h2-5,8,15H,1,6H2,(H,11,12)(H,13,14)/t8-/m0/s1. The number of nitrogens with one attached hydrogen (secondary N) is 1. The largest absolute Gasteiger partial charge is 0.480 e. The van der Waals surface area contributed by atoms with Gasteiger partial charge in [0.05, 0.1) is 0 Å². The van der Waals surface area contributed by atoms with E-state index >= 15 is 0 Å². The molecule has 0 saturated carbocycles. The Bertz CT molecular complexity index is 368. The third kappa shape index (κ3) is 3.28. The lowest BCUT2D eigenvalue weighted by Crippen LogP contribution is -2.31. The lowest BCUT2D eigenvalue weighted by molar-refractivity contribution is -0.137. The summed E-state index contributed by atoms with van der Waals surface area (Å²) in [7, 11) is 0. The quantitative estimate of drug-likeness (QED) is 0.664. The van der Waals surface area contributed by atoms with E-state index in [2.05, 4.69) is 29.5 Å². The van der Waals surface area contributed by atoms with E-state index in [0.29, 0.717) is 5.82 Å². The predicted octanol–water partition coefficient (Wildman–Crippen LogP) is 1.52. The zero-order valence-electron chi connectivity index (χ0n) is 8.05. The van der Waals surface area contributed by atoms with Crippen LogP contribution in [0.3, 0.4) is 0 Å². The molecule has 1 heterocycles. The van der Waals surface area contributed by atoms with Gasteiger partial charge in [0.25, 0.3) is 0 Å². The van der Waals surface area contributed by atoms with E-state index in [1.807, 2.05) is 0 Å². The maximum absolute atomic E-state index is 10.7. The van der Waals surface area contributed by atoms with Crippen molar-refractivity contribution in [3.05, 3.63) is 30.5 Å². The Kier molecular flexibility index (Phi) is 4.17. The zero-order valence-corrected chi connectivity index (χ0v) is 8.95. The van der Waals surface area contributed by atoms with Crippen LogP contribution >= 0.6 is 12.6 Å². The summed E-state index contributed by atoms with van der Waals surface area (Å²) >= 11 is 3.94. The Hall–Kier alpha value is -1.49. The van der Waals surface area contributed by atoms with Crippen molar-refractivity contribution in [1.82, 2.24) is 4.98 Å². The molecule has 0 spiro atoms. The molecule has 0 aliphatic heterocycles. The summed E-state index contributed by atoms with van der Waals surface area (Å²) in [4.78, 5) is 14.7. The van der Waals surface area contributed by atoms with Gasteiger partial charge in [-0.05, 0) is 17.7 Å². The normalized spacial score (nSPS) is 11.8. The third-order valence-electron chi connectivity index (χ3n) is 1.82. The van der Waals surface area contributed by atoms with Gasteiger partial charge in [-0.1, -0.05) is 12.7 Å². The summed E-state index contributed by atoms with van der Waals surface area (Å²) < 4.78 is 0. The van der Waals surface area contributed by atoms with Gasteiger partial charge < -0.3 is 10.4 Å². The zero-order chi connectivity index (χ0) is 11.3. The topological polar surface area (TPSA) is 62.2 Å². The van der Waals surface area contributed by atoms with Crippen molar-refractivity contribution in [3.63, 3.8) is 0 Å². The number of hydrogen-bond donors (Lipinski definition) is 3. The van der Waals surface area contributed by atoms with Crippen molar-refractivity contribution in [2.75, 3.05) is 11.1 Å². The summed E-state index contributed by atoms with van der Waals surface area (Å²) in [6.45, 7) is 3.62. The second-order valence-electron chi connectivity index (χ2n) is 2.90. The highest BCUT2D eigenvalue weighted by Crippen LogP contribution is 2.09. The molecule has 2 N–H and O–H groups in total. The fraction of sp³-hybridized carbons (Fsp3) is 0.200. The van der Waals surface area contributed by atoms with Crippen LogP contribution in [0.1, 0.15) is 5.56 Å². The second-order valence-corrected chi connectivity index (χ2v) is 3.26. The first kappa shape index (κ1) is 11.6. The van der Waals surface area contributed by atoms with Crippen molar-refractivity contribution in [1.29, 1.82) is 0 Å². The maximum atomic E-state index is 10.7. The van der Waals surface area contributed by atoms with Crippen molar-refractivity contribution < 1.29 is 9.90 Å². The molecule has 0 bridgehead atoms. The highest BCUT2D eigenvalue weighted by molar-refractivity contribution is 7.80. The van der Waals surface area contributed by atoms with Crippen LogP contribution in [0.25, 0.3) is 6.08 Å². The van der Waals surface area contributed by atoms with Crippen LogP contribution in [-0.2, 0) is 4.79 Å². The smallest absolute Gasteiger partial charge is 0.327 e. The molecule has 0 aromatic carbocycles. The van der Waals surface area contributed by atoms with Crippen molar-refractivity contribution >= 4 is 30.5 Å². The molecule has 80 valence electrons. The van der Waals surface area contributed by atoms with Crippen molar-refractivity contribution in [3.8, 4) is 0 Å². The molecule has 0 fully saturated rings. The number of pyridine rings is 1. The molecule has 0 saturated heterocycles. The number of hydrogen-bond acceptors (Lipinski definition) is 4. The molecular formula is C10H12N2O2S. The number of anilines is 1.